The van der Waals surface area contributed by atoms with Crippen molar-refractivity contribution in [1.82, 2.24) is 0 Å². The van der Waals surface area contributed by atoms with E-state index in [1.54, 1.807) is 18.2 Å². The highest BCUT2D eigenvalue weighted by molar-refractivity contribution is 7.92. The number of nitrogens with one attached hydrogen (secondary N) is 2. The number of amides is 1. The first-order valence-corrected chi connectivity index (χ1v) is 10.5. The lowest BCUT2D eigenvalue weighted by molar-refractivity contribution is 0.102. The predicted molar refractivity (Wildman–Crippen MR) is 109 cm³/mol. The van der Waals surface area contributed by atoms with Crippen molar-refractivity contribution < 1.29 is 27.1 Å². The van der Waals surface area contributed by atoms with E-state index in [1.807, 2.05) is 0 Å². The second-order valence-corrected chi connectivity index (χ2v) is 8.34. The third kappa shape index (κ3) is 4.03. The van der Waals surface area contributed by atoms with E-state index in [9.17, 15) is 17.6 Å². The quantitative estimate of drug-likeness (QED) is 0.608. The fourth-order valence-electron chi connectivity index (χ4n) is 2.77. The minimum absolute atomic E-state index is 0.0538. The van der Waals surface area contributed by atoms with E-state index in [4.69, 9.17) is 21.1 Å². The molecule has 1 aliphatic rings. The molecule has 10 heteroatoms. The van der Waals surface area contributed by atoms with Gasteiger partial charge in [-0.05, 0) is 42.5 Å². The van der Waals surface area contributed by atoms with Gasteiger partial charge in [0.1, 0.15) is 5.82 Å². The van der Waals surface area contributed by atoms with E-state index >= 15 is 0 Å². The topological polar surface area (TPSA) is 93.7 Å². The number of hydrogen-bond acceptors (Lipinski definition) is 5. The minimum Gasteiger partial charge on any atom is -0.454 e. The third-order valence-corrected chi connectivity index (χ3v) is 5.93. The maximum Gasteiger partial charge on any atom is 0.262 e. The molecule has 0 unspecified atom stereocenters. The molecule has 0 aliphatic carbocycles. The van der Waals surface area contributed by atoms with Crippen LogP contribution in [0, 0.1) is 5.82 Å². The fraction of sp³-hybridized carbons (Fsp3) is 0.0500. The van der Waals surface area contributed by atoms with Crippen molar-refractivity contribution in [3.05, 3.63) is 77.1 Å². The molecule has 0 spiro atoms. The van der Waals surface area contributed by atoms with E-state index in [1.165, 1.54) is 30.3 Å². The van der Waals surface area contributed by atoms with Crippen LogP contribution in [0.5, 0.6) is 11.5 Å². The van der Waals surface area contributed by atoms with Crippen LogP contribution in [0.3, 0.4) is 0 Å². The number of carbonyl (C=O) groups excluding carboxylic acids is 1. The molecule has 0 radical (unpaired) electrons. The van der Waals surface area contributed by atoms with Gasteiger partial charge >= 0.3 is 0 Å². The number of sulfonamides is 1. The molecule has 0 atom stereocenters. The summed E-state index contributed by atoms with van der Waals surface area (Å²) in [5, 5.41) is 2.69. The van der Waals surface area contributed by atoms with Crippen molar-refractivity contribution in [3.63, 3.8) is 0 Å². The number of halogens is 2. The molecule has 1 heterocycles. The molecule has 0 saturated heterocycles. The van der Waals surface area contributed by atoms with Crippen molar-refractivity contribution in [3.8, 4) is 11.5 Å². The number of para-hydroxylation sites is 1. The summed E-state index contributed by atoms with van der Waals surface area (Å²) in [5.41, 5.74) is 0.141. The Kier molecular flexibility index (Phi) is 5.23. The van der Waals surface area contributed by atoms with Gasteiger partial charge in [-0.3, -0.25) is 9.52 Å². The van der Waals surface area contributed by atoms with Gasteiger partial charge in [-0.2, -0.15) is 0 Å². The number of ether oxygens (including phenoxy) is 2. The number of benzene rings is 3. The fourth-order valence-corrected chi connectivity index (χ4v) is 4.06. The van der Waals surface area contributed by atoms with E-state index in [0.717, 1.165) is 12.1 Å². The third-order valence-electron chi connectivity index (χ3n) is 4.24. The van der Waals surface area contributed by atoms with Crippen LogP contribution in [0.2, 0.25) is 5.02 Å². The Balaban J connectivity index is 1.59. The zero-order valence-corrected chi connectivity index (χ0v) is 16.8. The Morgan fingerprint density at radius 1 is 1.00 bits per heavy atom. The molecular formula is C20H14ClFN2O5S. The van der Waals surface area contributed by atoms with Gasteiger partial charge in [-0.25, -0.2) is 12.8 Å². The monoisotopic (exact) mass is 448 g/mol. The van der Waals surface area contributed by atoms with E-state index in [0.29, 0.717) is 17.2 Å². The van der Waals surface area contributed by atoms with Crippen molar-refractivity contribution in [2.45, 2.75) is 4.90 Å². The molecule has 7 nitrogen and oxygen atoms in total. The molecule has 0 saturated carbocycles. The first kappa shape index (κ1) is 20.0. The SMILES string of the molecule is O=C(Nc1ccc2c(c1)OCO2)c1cc(S(=O)(=O)Nc2ccccc2F)ccc1Cl. The highest BCUT2D eigenvalue weighted by atomic mass is 35.5. The number of anilines is 2. The summed E-state index contributed by atoms with van der Waals surface area (Å²) in [6.07, 6.45) is 0. The maximum atomic E-state index is 13.8. The standard InChI is InChI=1S/C20H14ClFN2O5S/c21-15-7-6-13(30(26,27)24-17-4-2-1-3-16(17)22)10-14(15)20(25)23-12-5-8-18-19(9-12)29-11-28-18/h1-10,24H,11H2,(H,23,25). The largest absolute Gasteiger partial charge is 0.454 e. The molecule has 154 valence electrons. The molecule has 1 amide bonds. The van der Waals surface area contributed by atoms with Crippen LogP contribution < -0.4 is 19.5 Å². The summed E-state index contributed by atoms with van der Waals surface area (Å²) in [5.74, 6) is -0.319. The lowest BCUT2D eigenvalue weighted by Gasteiger charge is -2.12. The Bertz CT molecular complexity index is 1250. The Labute approximate surface area is 176 Å². The zero-order chi connectivity index (χ0) is 21.3. The summed E-state index contributed by atoms with van der Waals surface area (Å²) in [6.45, 7) is 0.0907. The summed E-state index contributed by atoms with van der Waals surface area (Å²) >= 11 is 6.11. The van der Waals surface area contributed by atoms with Gasteiger partial charge in [0.25, 0.3) is 15.9 Å². The first-order valence-electron chi connectivity index (χ1n) is 8.61. The number of hydrogen-bond donors (Lipinski definition) is 2. The highest BCUT2D eigenvalue weighted by Crippen LogP contribution is 2.34. The molecule has 0 aromatic heterocycles. The van der Waals surface area contributed by atoms with Crippen LogP contribution in [0.1, 0.15) is 10.4 Å². The summed E-state index contributed by atoms with van der Waals surface area (Å²) in [4.78, 5) is 12.4. The molecule has 4 rings (SSSR count). The normalized spacial score (nSPS) is 12.5. The van der Waals surface area contributed by atoms with Crippen molar-refractivity contribution in [1.29, 1.82) is 0 Å². The van der Waals surface area contributed by atoms with Gasteiger partial charge in [-0.1, -0.05) is 23.7 Å². The molecule has 2 N–H and O–H groups in total. The number of fused-ring (bicyclic) bond motifs is 1. The van der Waals surface area contributed by atoms with Crippen LogP contribution >= 0.6 is 11.6 Å². The summed E-state index contributed by atoms with van der Waals surface area (Å²) in [7, 11) is -4.15. The van der Waals surface area contributed by atoms with E-state index < -0.39 is 21.7 Å². The average molecular weight is 449 g/mol. The van der Waals surface area contributed by atoms with Gasteiger partial charge in [0, 0.05) is 11.8 Å². The minimum atomic E-state index is -4.15. The van der Waals surface area contributed by atoms with Gasteiger partial charge in [0.15, 0.2) is 11.5 Å². The average Bonchev–Trinajstić information content (AvgIpc) is 3.17. The molecule has 0 fully saturated rings. The van der Waals surface area contributed by atoms with Crippen molar-refractivity contribution >= 4 is 38.9 Å². The van der Waals surface area contributed by atoms with Gasteiger partial charge in [0.05, 0.1) is 21.2 Å². The second kappa shape index (κ2) is 7.85. The second-order valence-electron chi connectivity index (χ2n) is 6.25. The Morgan fingerprint density at radius 3 is 2.57 bits per heavy atom. The molecule has 3 aromatic carbocycles. The zero-order valence-electron chi connectivity index (χ0n) is 15.2. The number of carbonyl (C=O) groups is 1. The summed E-state index contributed by atoms with van der Waals surface area (Å²) in [6, 6.07) is 13.8. The van der Waals surface area contributed by atoms with E-state index in [-0.39, 0.29) is 28.0 Å². The van der Waals surface area contributed by atoms with E-state index in [2.05, 4.69) is 10.0 Å². The van der Waals surface area contributed by atoms with Crippen LogP contribution in [-0.4, -0.2) is 21.1 Å². The van der Waals surface area contributed by atoms with Crippen molar-refractivity contribution in [2.24, 2.45) is 0 Å². The van der Waals surface area contributed by atoms with Crippen LogP contribution in [-0.2, 0) is 10.0 Å². The molecule has 1 aliphatic heterocycles. The lowest BCUT2D eigenvalue weighted by Crippen LogP contribution is -2.17. The van der Waals surface area contributed by atoms with Crippen LogP contribution in [0.4, 0.5) is 15.8 Å². The van der Waals surface area contributed by atoms with Crippen LogP contribution in [0.15, 0.2) is 65.6 Å². The van der Waals surface area contributed by atoms with Gasteiger partial charge in [0.2, 0.25) is 6.79 Å². The van der Waals surface area contributed by atoms with Crippen molar-refractivity contribution in [2.75, 3.05) is 16.8 Å². The molecule has 3 aromatic rings. The van der Waals surface area contributed by atoms with Gasteiger partial charge < -0.3 is 14.8 Å². The molecule has 0 bridgehead atoms. The Hall–Kier alpha value is -3.30. The Morgan fingerprint density at radius 2 is 1.77 bits per heavy atom. The lowest BCUT2D eigenvalue weighted by atomic mass is 10.2. The molecular weight excluding hydrogens is 435 g/mol. The predicted octanol–water partition coefficient (Wildman–Crippen LogP) is 4.26. The smallest absolute Gasteiger partial charge is 0.262 e. The summed E-state index contributed by atoms with van der Waals surface area (Å²) < 4.78 is 51.7. The molecule has 30 heavy (non-hydrogen) atoms. The van der Waals surface area contributed by atoms with Gasteiger partial charge in [-0.15, -0.1) is 0 Å². The number of rotatable bonds is 5. The first-order chi connectivity index (χ1) is 14.3. The van der Waals surface area contributed by atoms with Crippen LogP contribution in [0.25, 0.3) is 0 Å². The maximum absolute atomic E-state index is 13.8. The highest BCUT2D eigenvalue weighted by Gasteiger charge is 2.21.